The highest BCUT2D eigenvalue weighted by molar-refractivity contribution is 7.09. The Bertz CT molecular complexity index is 604. The van der Waals surface area contributed by atoms with E-state index < -0.39 is 0 Å². The van der Waals surface area contributed by atoms with Gasteiger partial charge in [-0.1, -0.05) is 13.8 Å². The summed E-state index contributed by atoms with van der Waals surface area (Å²) in [5, 5.41) is 3.19. The van der Waals surface area contributed by atoms with Crippen molar-refractivity contribution in [1.82, 2.24) is 14.1 Å². The second-order valence-corrected chi connectivity index (χ2v) is 6.07. The van der Waals surface area contributed by atoms with Gasteiger partial charge in [-0.25, -0.2) is 9.78 Å². The van der Waals surface area contributed by atoms with Crippen molar-refractivity contribution in [3.8, 4) is 0 Å². The van der Waals surface area contributed by atoms with E-state index in [-0.39, 0.29) is 5.69 Å². The lowest BCUT2D eigenvalue weighted by molar-refractivity contribution is 0.650. The molecular weight excluding hydrogens is 246 g/mol. The van der Waals surface area contributed by atoms with Crippen LogP contribution in [0.1, 0.15) is 49.4 Å². The van der Waals surface area contributed by atoms with E-state index in [9.17, 15) is 4.79 Å². The summed E-state index contributed by atoms with van der Waals surface area (Å²) in [5.41, 5.74) is 1.08. The molecule has 0 spiro atoms. The average Bonchev–Trinajstić information content (AvgIpc) is 2.95. The molecule has 96 valence electrons. The summed E-state index contributed by atoms with van der Waals surface area (Å²) in [5.74, 6) is 0.455. The first kappa shape index (κ1) is 11.7. The van der Waals surface area contributed by atoms with E-state index in [0.29, 0.717) is 18.5 Å². The quantitative estimate of drug-likeness (QED) is 0.850. The SMILES string of the molecule is CC(C)c1nc(Cn2ccn(C3CC3)c2=O)cs1. The molecule has 0 atom stereocenters. The molecule has 0 aromatic carbocycles. The van der Waals surface area contributed by atoms with E-state index in [1.165, 1.54) is 0 Å². The van der Waals surface area contributed by atoms with Gasteiger partial charge in [0.15, 0.2) is 0 Å². The average molecular weight is 263 g/mol. The lowest BCUT2D eigenvalue weighted by Crippen LogP contribution is -2.23. The van der Waals surface area contributed by atoms with Crippen LogP contribution in [0.5, 0.6) is 0 Å². The van der Waals surface area contributed by atoms with Crippen LogP contribution in [0.25, 0.3) is 0 Å². The summed E-state index contributed by atoms with van der Waals surface area (Å²) < 4.78 is 3.59. The van der Waals surface area contributed by atoms with Crippen LogP contribution >= 0.6 is 11.3 Å². The van der Waals surface area contributed by atoms with Crippen molar-refractivity contribution in [1.29, 1.82) is 0 Å². The second-order valence-electron chi connectivity index (χ2n) is 5.18. The molecule has 2 aromatic rings. The summed E-state index contributed by atoms with van der Waals surface area (Å²) in [6.45, 7) is 4.86. The summed E-state index contributed by atoms with van der Waals surface area (Å²) in [6, 6.07) is 0.445. The van der Waals surface area contributed by atoms with Crippen LogP contribution in [0.15, 0.2) is 22.6 Å². The molecule has 4 nitrogen and oxygen atoms in total. The number of rotatable bonds is 4. The Morgan fingerprint density at radius 2 is 2.22 bits per heavy atom. The normalized spacial score (nSPS) is 15.5. The number of imidazole rings is 1. The highest BCUT2D eigenvalue weighted by atomic mass is 32.1. The molecule has 0 saturated heterocycles. The lowest BCUT2D eigenvalue weighted by atomic mass is 10.2. The zero-order chi connectivity index (χ0) is 12.7. The maximum Gasteiger partial charge on any atom is 0.328 e. The van der Waals surface area contributed by atoms with Gasteiger partial charge >= 0.3 is 5.69 Å². The molecule has 0 radical (unpaired) electrons. The Morgan fingerprint density at radius 3 is 2.83 bits per heavy atom. The molecule has 0 N–H and O–H groups in total. The minimum Gasteiger partial charge on any atom is -0.296 e. The van der Waals surface area contributed by atoms with Gasteiger partial charge in [0.05, 0.1) is 17.2 Å². The Kier molecular flexibility index (Phi) is 2.86. The third-order valence-electron chi connectivity index (χ3n) is 3.21. The molecule has 1 fully saturated rings. The fourth-order valence-electron chi connectivity index (χ4n) is 2.01. The second kappa shape index (κ2) is 4.39. The van der Waals surface area contributed by atoms with Crippen LogP contribution in [0, 0.1) is 0 Å². The smallest absolute Gasteiger partial charge is 0.296 e. The molecule has 0 amide bonds. The molecule has 0 aliphatic heterocycles. The fourth-order valence-corrected chi connectivity index (χ4v) is 2.84. The largest absolute Gasteiger partial charge is 0.328 e. The molecule has 1 saturated carbocycles. The number of aromatic nitrogens is 3. The van der Waals surface area contributed by atoms with Crippen LogP contribution in [0.4, 0.5) is 0 Å². The summed E-state index contributed by atoms with van der Waals surface area (Å²) >= 11 is 1.67. The van der Waals surface area contributed by atoms with Gasteiger partial charge in [-0.15, -0.1) is 11.3 Å². The van der Waals surface area contributed by atoms with Crippen LogP contribution in [-0.2, 0) is 6.54 Å². The molecule has 5 heteroatoms. The maximum atomic E-state index is 12.1. The van der Waals surface area contributed by atoms with Gasteiger partial charge < -0.3 is 0 Å². The van der Waals surface area contributed by atoms with Gasteiger partial charge in [-0.3, -0.25) is 9.13 Å². The Hall–Kier alpha value is -1.36. The third kappa shape index (κ3) is 2.14. The van der Waals surface area contributed by atoms with Crippen molar-refractivity contribution < 1.29 is 0 Å². The molecule has 1 aliphatic rings. The van der Waals surface area contributed by atoms with Gasteiger partial charge in [0.2, 0.25) is 0 Å². The van der Waals surface area contributed by atoms with Crippen molar-refractivity contribution in [2.75, 3.05) is 0 Å². The molecule has 1 aliphatic carbocycles. The van der Waals surface area contributed by atoms with Crippen molar-refractivity contribution in [3.63, 3.8) is 0 Å². The fraction of sp³-hybridized carbons (Fsp3) is 0.538. The Morgan fingerprint density at radius 1 is 1.44 bits per heavy atom. The van der Waals surface area contributed by atoms with Gasteiger partial charge in [0.25, 0.3) is 0 Å². The molecule has 2 aromatic heterocycles. The van der Waals surface area contributed by atoms with Crippen molar-refractivity contribution in [3.05, 3.63) is 39.0 Å². The standard InChI is InChI=1S/C13H17N3OS/c1-9(2)12-14-10(8-18-12)7-15-5-6-16(13(15)17)11-3-4-11/h5-6,8-9,11H,3-4,7H2,1-2H3. The third-order valence-corrected chi connectivity index (χ3v) is 4.40. The zero-order valence-electron chi connectivity index (χ0n) is 10.7. The lowest BCUT2D eigenvalue weighted by Gasteiger charge is -1.99. The topological polar surface area (TPSA) is 39.8 Å². The van der Waals surface area contributed by atoms with E-state index in [0.717, 1.165) is 23.5 Å². The van der Waals surface area contributed by atoms with Crippen LogP contribution in [-0.4, -0.2) is 14.1 Å². The predicted molar refractivity (Wildman–Crippen MR) is 72.3 cm³/mol. The first-order valence-corrected chi connectivity index (χ1v) is 7.24. The zero-order valence-corrected chi connectivity index (χ0v) is 11.5. The van der Waals surface area contributed by atoms with Gasteiger partial charge in [0, 0.05) is 29.7 Å². The van der Waals surface area contributed by atoms with E-state index in [1.807, 2.05) is 17.0 Å². The van der Waals surface area contributed by atoms with Gasteiger partial charge in [-0.2, -0.15) is 0 Å². The van der Waals surface area contributed by atoms with Crippen LogP contribution in [0.2, 0.25) is 0 Å². The van der Waals surface area contributed by atoms with E-state index >= 15 is 0 Å². The number of hydrogen-bond acceptors (Lipinski definition) is 3. The van der Waals surface area contributed by atoms with E-state index in [2.05, 4.69) is 24.2 Å². The van der Waals surface area contributed by atoms with Gasteiger partial charge in [0.1, 0.15) is 0 Å². The van der Waals surface area contributed by atoms with Crippen LogP contribution < -0.4 is 5.69 Å². The van der Waals surface area contributed by atoms with Gasteiger partial charge in [-0.05, 0) is 12.8 Å². The Balaban J connectivity index is 1.81. The molecule has 3 rings (SSSR count). The minimum absolute atomic E-state index is 0.0941. The number of hydrogen-bond donors (Lipinski definition) is 0. The predicted octanol–water partition coefficient (Wildman–Crippen LogP) is 2.61. The molecular formula is C13H17N3OS. The van der Waals surface area contributed by atoms with E-state index in [1.54, 1.807) is 15.9 Å². The Labute approximate surface area is 110 Å². The first-order valence-electron chi connectivity index (χ1n) is 6.36. The summed E-state index contributed by atoms with van der Waals surface area (Å²) in [6.07, 6.45) is 6.04. The van der Waals surface area contributed by atoms with E-state index in [4.69, 9.17) is 0 Å². The molecule has 0 bridgehead atoms. The summed E-state index contributed by atoms with van der Waals surface area (Å²) in [7, 11) is 0. The highest BCUT2D eigenvalue weighted by Crippen LogP contribution is 2.33. The van der Waals surface area contributed by atoms with Crippen LogP contribution in [0.3, 0.4) is 0 Å². The van der Waals surface area contributed by atoms with Crippen molar-refractivity contribution in [2.45, 2.75) is 45.2 Å². The molecule has 18 heavy (non-hydrogen) atoms. The van der Waals surface area contributed by atoms with Crippen molar-refractivity contribution >= 4 is 11.3 Å². The monoisotopic (exact) mass is 263 g/mol. The maximum absolute atomic E-state index is 12.1. The highest BCUT2D eigenvalue weighted by Gasteiger charge is 2.25. The minimum atomic E-state index is 0.0941. The number of nitrogens with zero attached hydrogens (tertiary/aromatic N) is 3. The molecule has 2 heterocycles. The van der Waals surface area contributed by atoms with Crippen molar-refractivity contribution in [2.24, 2.45) is 0 Å². The first-order chi connectivity index (χ1) is 8.65. The summed E-state index contributed by atoms with van der Waals surface area (Å²) in [4.78, 5) is 16.7. The number of thiazole rings is 1. The molecule has 0 unspecified atom stereocenters.